The van der Waals surface area contributed by atoms with E-state index in [0.717, 1.165) is 0 Å². The lowest BCUT2D eigenvalue weighted by Crippen LogP contribution is -2.40. The summed E-state index contributed by atoms with van der Waals surface area (Å²) in [6.07, 6.45) is 1.72. The van der Waals surface area contributed by atoms with Gasteiger partial charge in [0.2, 0.25) is 15.9 Å². The van der Waals surface area contributed by atoms with Gasteiger partial charge in [0.25, 0.3) is 0 Å². The molecule has 0 heterocycles. The number of amides is 1. The van der Waals surface area contributed by atoms with Crippen LogP contribution in [-0.2, 0) is 24.3 Å². The molecule has 8 heteroatoms. The number of esters is 1. The van der Waals surface area contributed by atoms with Gasteiger partial charge in [-0.1, -0.05) is 6.42 Å². The van der Waals surface area contributed by atoms with Gasteiger partial charge in [0.15, 0.2) is 0 Å². The van der Waals surface area contributed by atoms with Gasteiger partial charge in [-0.15, -0.1) is 0 Å². The number of hydrogen-bond acceptors (Lipinski definition) is 5. The van der Waals surface area contributed by atoms with Crippen LogP contribution in [0.4, 0.5) is 0 Å². The fraction of sp³-hybridized carbons (Fsp3) is 0.818. The molecule has 7 nitrogen and oxygen atoms in total. The van der Waals surface area contributed by atoms with E-state index in [0.29, 0.717) is 19.3 Å². The van der Waals surface area contributed by atoms with Crippen LogP contribution in [0.5, 0.6) is 0 Å². The Morgan fingerprint density at radius 1 is 1.32 bits per heavy atom. The van der Waals surface area contributed by atoms with Crippen LogP contribution in [0.15, 0.2) is 0 Å². The van der Waals surface area contributed by atoms with Gasteiger partial charge in [0, 0.05) is 20.0 Å². The lowest BCUT2D eigenvalue weighted by atomic mass is 10.1. The van der Waals surface area contributed by atoms with E-state index in [-0.39, 0.29) is 18.9 Å². The maximum Gasteiger partial charge on any atom is 0.310 e. The lowest BCUT2D eigenvalue weighted by Gasteiger charge is -2.18. The largest absolute Gasteiger partial charge is 0.469 e. The predicted molar refractivity (Wildman–Crippen MR) is 68.8 cm³/mol. The Bertz CT molecular complexity index is 434. The maximum atomic E-state index is 12.1. The molecule has 0 spiro atoms. The number of ether oxygens (including phenoxy) is 1. The third kappa shape index (κ3) is 4.17. The Kier molecular flexibility index (Phi) is 5.74. The van der Waals surface area contributed by atoms with Crippen molar-refractivity contribution >= 4 is 21.9 Å². The number of carbonyl (C=O) groups excluding carboxylic acids is 2. The van der Waals surface area contributed by atoms with E-state index in [4.69, 9.17) is 0 Å². The van der Waals surface area contributed by atoms with Crippen molar-refractivity contribution in [2.75, 3.05) is 20.7 Å². The molecule has 1 aliphatic rings. The second-order valence-corrected chi connectivity index (χ2v) is 6.45. The van der Waals surface area contributed by atoms with Crippen LogP contribution in [0.2, 0.25) is 0 Å². The molecule has 0 aromatic carbocycles. The molecule has 1 amide bonds. The Morgan fingerprint density at radius 2 is 2.00 bits per heavy atom. The number of sulfonamides is 1. The van der Waals surface area contributed by atoms with E-state index in [9.17, 15) is 18.0 Å². The molecule has 0 bridgehead atoms. The summed E-state index contributed by atoms with van der Waals surface area (Å²) in [5.41, 5.74) is 0. The van der Waals surface area contributed by atoms with Crippen LogP contribution in [-0.4, -0.2) is 46.2 Å². The second-order valence-electron chi connectivity index (χ2n) is 4.46. The molecule has 110 valence electrons. The van der Waals surface area contributed by atoms with E-state index >= 15 is 0 Å². The van der Waals surface area contributed by atoms with Crippen LogP contribution >= 0.6 is 0 Å². The highest BCUT2D eigenvalue weighted by Gasteiger charge is 2.41. The van der Waals surface area contributed by atoms with Crippen molar-refractivity contribution in [3.05, 3.63) is 0 Å². The van der Waals surface area contributed by atoms with E-state index < -0.39 is 27.2 Å². The monoisotopic (exact) mass is 292 g/mol. The van der Waals surface area contributed by atoms with Gasteiger partial charge < -0.3 is 10.1 Å². The number of rotatable bonds is 6. The molecule has 0 aromatic heterocycles. The lowest BCUT2D eigenvalue weighted by molar-refractivity contribution is -0.145. The molecule has 0 aromatic rings. The molecule has 1 aliphatic carbocycles. The molecule has 1 rings (SSSR count). The quantitative estimate of drug-likeness (QED) is 0.636. The molecule has 1 fully saturated rings. The van der Waals surface area contributed by atoms with Crippen molar-refractivity contribution in [3.8, 4) is 0 Å². The average Bonchev–Trinajstić information content (AvgIpc) is 2.87. The van der Waals surface area contributed by atoms with E-state index in [2.05, 4.69) is 14.8 Å². The first kappa shape index (κ1) is 15.9. The fourth-order valence-corrected chi connectivity index (χ4v) is 4.01. The first-order valence-corrected chi connectivity index (χ1v) is 7.74. The van der Waals surface area contributed by atoms with Crippen molar-refractivity contribution in [2.24, 2.45) is 5.92 Å². The molecule has 2 atom stereocenters. The highest BCUT2D eigenvalue weighted by molar-refractivity contribution is 7.90. The SMILES string of the molecule is CNC(=O)CCNS(=O)(=O)C1CCCC1C(=O)OC. The van der Waals surface area contributed by atoms with Gasteiger partial charge in [-0.2, -0.15) is 0 Å². The van der Waals surface area contributed by atoms with E-state index in [1.165, 1.54) is 14.2 Å². The fourth-order valence-electron chi connectivity index (χ4n) is 2.26. The minimum absolute atomic E-state index is 0.0341. The van der Waals surface area contributed by atoms with Crippen molar-refractivity contribution in [3.63, 3.8) is 0 Å². The third-order valence-corrected chi connectivity index (χ3v) is 5.26. The summed E-state index contributed by atoms with van der Waals surface area (Å²) in [5, 5.41) is 1.65. The van der Waals surface area contributed by atoms with Crippen molar-refractivity contribution in [1.82, 2.24) is 10.0 Å². The molecular weight excluding hydrogens is 272 g/mol. The maximum absolute atomic E-state index is 12.1. The zero-order valence-corrected chi connectivity index (χ0v) is 12.0. The van der Waals surface area contributed by atoms with E-state index in [1.54, 1.807) is 0 Å². The van der Waals surface area contributed by atoms with Gasteiger partial charge in [-0.05, 0) is 12.8 Å². The summed E-state index contributed by atoms with van der Waals surface area (Å²) in [5.74, 6) is -1.33. The Morgan fingerprint density at radius 3 is 2.58 bits per heavy atom. The van der Waals surface area contributed by atoms with Gasteiger partial charge >= 0.3 is 5.97 Å². The highest BCUT2D eigenvalue weighted by atomic mass is 32.2. The predicted octanol–water partition coefficient (Wildman–Crippen LogP) is -0.616. The van der Waals surface area contributed by atoms with Crippen LogP contribution < -0.4 is 10.0 Å². The number of carbonyl (C=O) groups is 2. The normalized spacial score (nSPS) is 23.1. The van der Waals surface area contributed by atoms with Crippen LogP contribution in [0, 0.1) is 5.92 Å². The van der Waals surface area contributed by atoms with Crippen molar-refractivity contribution < 1.29 is 22.7 Å². The minimum atomic E-state index is -3.60. The Hall–Kier alpha value is -1.15. The summed E-state index contributed by atoms with van der Waals surface area (Å²) in [6.45, 7) is 0.0341. The van der Waals surface area contributed by atoms with E-state index in [1.807, 2.05) is 0 Å². The summed E-state index contributed by atoms with van der Waals surface area (Å²) in [4.78, 5) is 22.5. The van der Waals surface area contributed by atoms with Crippen LogP contribution in [0.1, 0.15) is 25.7 Å². The van der Waals surface area contributed by atoms with Crippen molar-refractivity contribution in [2.45, 2.75) is 30.9 Å². The smallest absolute Gasteiger partial charge is 0.310 e. The molecule has 2 N–H and O–H groups in total. The standard InChI is InChI=1S/C11H20N2O5S/c1-12-10(14)6-7-13-19(16,17)9-5-3-4-8(9)11(15)18-2/h8-9,13H,3-7H2,1-2H3,(H,12,14). The summed E-state index contributed by atoms with van der Waals surface area (Å²) in [6, 6.07) is 0. The first-order valence-electron chi connectivity index (χ1n) is 6.19. The number of methoxy groups -OCH3 is 1. The number of hydrogen-bond donors (Lipinski definition) is 2. The Labute approximate surface area is 113 Å². The van der Waals surface area contributed by atoms with Crippen LogP contribution in [0.25, 0.3) is 0 Å². The molecule has 1 saturated carbocycles. The number of nitrogens with one attached hydrogen (secondary N) is 2. The Balaban J connectivity index is 2.61. The van der Waals surface area contributed by atoms with Gasteiger partial charge in [0.1, 0.15) is 0 Å². The second kappa shape index (κ2) is 6.85. The molecule has 0 saturated heterocycles. The highest BCUT2D eigenvalue weighted by Crippen LogP contribution is 2.31. The van der Waals surface area contributed by atoms with Gasteiger partial charge in [-0.3, -0.25) is 9.59 Å². The molecule has 0 radical (unpaired) electrons. The topological polar surface area (TPSA) is 102 Å². The van der Waals surface area contributed by atoms with Crippen molar-refractivity contribution in [1.29, 1.82) is 0 Å². The summed E-state index contributed by atoms with van der Waals surface area (Å²) >= 11 is 0. The first-order chi connectivity index (χ1) is 8.92. The minimum Gasteiger partial charge on any atom is -0.469 e. The average molecular weight is 292 g/mol. The summed E-state index contributed by atoms with van der Waals surface area (Å²) in [7, 11) is -0.858. The molecule has 19 heavy (non-hydrogen) atoms. The zero-order chi connectivity index (χ0) is 14.5. The molecule has 0 aliphatic heterocycles. The zero-order valence-electron chi connectivity index (χ0n) is 11.1. The summed E-state index contributed by atoms with van der Waals surface area (Å²) < 4.78 is 31.2. The van der Waals surface area contributed by atoms with Crippen LogP contribution in [0.3, 0.4) is 0 Å². The third-order valence-electron chi connectivity index (χ3n) is 3.29. The van der Waals surface area contributed by atoms with Gasteiger partial charge in [-0.25, -0.2) is 13.1 Å². The van der Waals surface area contributed by atoms with Gasteiger partial charge in [0.05, 0.1) is 18.3 Å². The molecule has 2 unspecified atom stereocenters. The molecular formula is C11H20N2O5S.